The highest BCUT2D eigenvalue weighted by atomic mass is 16.3. The van der Waals surface area contributed by atoms with E-state index in [0.29, 0.717) is 12.5 Å². The lowest BCUT2D eigenvalue weighted by Crippen LogP contribution is -2.35. The van der Waals surface area contributed by atoms with E-state index in [1.807, 2.05) is 0 Å². The highest BCUT2D eigenvalue weighted by Crippen LogP contribution is 2.47. The van der Waals surface area contributed by atoms with Gasteiger partial charge in [-0.1, -0.05) is 33.6 Å². The third-order valence-corrected chi connectivity index (χ3v) is 4.71. The molecule has 3 unspecified atom stereocenters. The smallest absolute Gasteiger partial charge is 0.122 e. The number of rotatable bonds is 10. The van der Waals surface area contributed by atoms with E-state index in [9.17, 15) is 0 Å². The molecule has 1 aromatic heterocycles. The molecule has 1 aromatic rings. The van der Waals surface area contributed by atoms with E-state index in [1.165, 1.54) is 37.9 Å². The summed E-state index contributed by atoms with van der Waals surface area (Å²) in [6.07, 6.45) is 6.18. The Bertz CT molecular complexity index is 407. The van der Waals surface area contributed by atoms with E-state index in [4.69, 9.17) is 10.2 Å². The Hall–Kier alpha value is -0.800. The van der Waals surface area contributed by atoms with Gasteiger partial charge in [0.15, 0.2) is 0 Å². The Kier molecular flexibility index (Phi) is 6.31. The maximum absolute atomic E-state index is 6.15. The van der Waals surface area contributed by atoms with Crippen LogP contribution in [-0.4, -0.2) is 24.5 Å². The van der Waals surface area contributed by atoms with Gasteiger partial charge >= 0.3 is 0 Å². The molecule has 1 heterocycles. The molecule has 21 heavy (non-hydrogen) atoms. The Morgan fingerprint density at radius 2 is 1.86 bits per heavy atom. The van der Waals surface area contributed by atoms with E-state index in [-0.39, 0.29) is 6.04 Å². The van der Waals surface area contributed by atoms with Gasteiger partial charge in [-0.25, -0.2) is 0 Å². The summed E-state index contributed by atoms with van der Waals surface area (Å²) in [5.74, 6) is 3.68. The summed E-state index contributed by atoms with van der Waals surface area (Å²) in [6.45, 7) is 9.66. The van der Waals surface area contributed by atoms with Crippen molar-refractivity contribution >= 4 is 0 Å². The summed E-state index contributed by atoms with van der Waals surface area (Å²) in [7, 11) is 0. The molecule has 0 spiro atoms. The minimum Gasteiger partial charge on any atom is -0.464 e. The number of nitrogens with zero attached hydrogens (tertiary/aromatic N) is 1. The number of hydrogen-bond acceptors (Lipinski definition) is 3. The van der Waals surface area contributed by atoms with Crippen LogP contribution in [0.5, 0.6) is 0 Å². The van der Waals surface area contributed by atoms with Crippen LogP contribution >= 0.6 is 0 Å². The Morgan fingerprint density at radius 3 is 2.33 bits per heavy atom. The monoisotopic (exact) mass is 292 g/mol. The normalized spacial score (nSPS) is 22.7. The maximum Gasteiger partial charge on any atom is 0.122 e. The summed E-state index contributed by atoms with van der Waals surface area (Å²) >= 11 is 0. The fraction of sp³-hybridized carbons (Fsp3) is 0.778. The van der Waals surface area contributed by atoms with Crippen molar-refractivity contribution in [2.24, 2.45) is 11.7 Å². The minimum atomic E-state index is 0.242. The number of nitrogens with two attached hydrogens (primary N) is 1. The molecule has 3 heteroatoms. The molecule has 0 radical (unpaired) electrons. The fourth-order valence-corrected chi connectivity index (χ4v) is 3.06. The first-order valence-electron chi connectivity index (χ1n) is 8.74. The predicted octanol–water partition coefficient (Wildman–Crippen LogP) is 4.31. The van der Waals surface area contributed by atoms with Crippen molar-refractivity contribution in [2.75, 3.05) is 19.6 Å². The van der Waals surface area contributed by atoms with Crippen LogP contribution in [-0.2, 0) is 0 Å². The average Bonchev–Trinajstić information content (AvgIpc) is 3.02. The fourth-order valence-electron chi connectivity index (χ4n) is 3.06. The molecule has 1 aliphatic rings. The van der Waals surface area contributed by atoms with E-state index in [2.05, 4.69) is 37.8 Å². The summed E-state index contributed by atoms with van der Waals surface area (Å²) < 4.78 is 6.15. The molecule has 2 N–H and O–H groups in total. The molecule has 3 nitrogen and oxygen atoms in total. The zero-order chi connectivity index (χ0) is 15.2. The Balaban J connectivity index is 2.04. The molecule has 0 bridgehead atoms. The van der Waals surface area contributed by atoms with Crippen molar-refractivity contribution in [1.82, 2.24) is 4.90 Å². The van der Waals surface area contributed by atoms with Crippen LogP contribution in [0.2, 0.25) is 0 Å². The van der Waals surface area contributed by atoms with E-state index < -0.39 is 0 Å². The second-order valence-corrected chi connectivity index (χ2v) is 6.55. The summed E-state index contributed by atoms with van der Waals surface area (Å²) in [5, 5.41) is 0. The first-order chi connectivity index (χ1) is 10.2. The van der Waals surface area contributed by atoms with Crippen LogP contribution in [0.1, 0.15) is 76.4 Å². The Labute approximate surface area is 129 Å². The van der Waals surface area contributed by atoms with E-state index in [0.717, 1.165) is 24.8 Å². The van der Waals surface area contributed by atoms with Crippen LogP contribution in [0.4, 0.5) is 0 Å². The largest absolute Gasteiger partial charge is 0.464 e. The standard InChI is InChI=1S/C18H32N2O/c1-4-6-10-20(11-7-5-2)16(13-19)18-9-8-17(21-18)15-12-14(15)3/h8-9,14-16H,4-7,10-13,19H2,1-3H3. The molecule has 0 amide bonds. The van der Waals surface area contributed by atoms with Crippen molar-refractivity contribution in [3.8, 4) is 0 Å². The SMILES string of the molecule is CCCCN(CCCC)C(CN)c1ccc(C2CC2C)o1. The second kappa shape index (κ2) is 8.00. The summed E-state index contributed by atoms with van der Waals surface area (Å²) in [5.41, 5.74) is 6.08. The highest BCUT2D eigenvalue weighted by Gasteiger charge is 2.37. The van der Waals surface area contributed by atoms with Crippen LogP contribution in [0, 0.1) is 5.92 Å². The third kappa shape index (κ3) is 4.33. The first-order valence-corrected chi connectivity index (χ1v) is 8.74. The van der Waals surface area contributed by atoms with Crippen LogP contribution in [0.3, 0.4) is 0 Å². The van der Waals surface area contributed by atoms with Crippen LogP contribution in [0.25, 0.3) is 0 Å². The van der Waals surface area contributed by atoms with Gasteiger partial charge in [0.1, 0.15) is 11.5 Å². The Morgan fingerprint density at radius 1 is 1.24 bits per heavy atom. The zero-order valence-corrected chi connectivity index (χ0v) is 14.0. The van der Waals surface area contributed by atoms with Gasteiger partial charge in [0.25, 0.3) is 0 Å². The maximum atomic E-state index is 6.15. The van der Waals surface area contributed by atoms with Crippen molar-refractivity contribution in [3.63, 3.8) is 0 Å². The molecule has 2 rings (SSSR count). The molecule has 120 valence electrons. The molecular formula is C18H32N2O. The summed E-state index contributed by atoms with van der Waals surface area (Å²) in [6, 6.07) is 4.57. The molecule has 1 saturated carbocycles. The van der Waals surface area contributed by atoms with Gasteiger partial charge in [-0.05, 0) is 50.4 Å². The molecule has 3 atom stereocenters. The van der Waals surface area contributed by atoms with Gasteiger partial charge in [0.2, 0.25) is 0 Å². The minimum absolute atomic E-state index is 0.242. The van der Waals surface area contributed by atoms with E-state index in [1.54, 1.807) is 0 Å². The number of unbranched alkanes of at least 4 members (excludes halogenated alkanes) is 2. The molecular weight excluding hydrogens is 260 g/mol. The molecule has 0 aliphatic heterocycles. The van der Waals surface area contributed by atoms with Crippen molar-refractivity contribution in [3.05, 3.63) is 23.7 Å². The van der Waals surface area contributed by atoms with Crippen molar-refractivity contribution < 1.29 is 4.42 Å². The average molecular weight is 292 g/mol. The van der Waals surface area contributed by atoms with Gasteiger partial charge in [-0.2, -0.15) is 0 Å². The van der Waals surface area contributed by atoms with Crippen LogP contribution < -0.4 is 5.73 Å². The highest BCUT2D eigenvalue weighted by molar-refractivity contribution is 5.19. The number of hydrogen-bond donors (Lipinski definition) is 1. The summed E-state index contributed by atoms with van der Waals surface area (Å²) in [4.78, 5) is 2.52. The van der Waals surface area contributed by atoms with Gasteiger partial charge in [-0.3, -0.25) is 4.90 Å². The van der Waals surface area contributed by atoms with Crippen LogP contribution in [0.15, 0.2) is 16.5 Å². The topological polar surface area (TPSA) is 42.4 Å². The predicted molar refractivity (Wildman–Crippen MR) is 88.4 cm³/mol. The van der Waals surface area contributed by atoms with Gasteiger partial charge in [-0.15, -0.1) is 0 Å². The molecule has 1 aliphatic carbocycles. The number of furan rings is 1. The lowest BCUT2D eigenvalue weighted by atomic mass is 10.1. The molecule has 0 saturated heterocycles. The second-order valence-electron chi connectivity index (χ2n) is 6.55. The molecule has 0 aromatic carbocycles. The third-order valence-electron chi connectivity index (χ3n) is 4.71. The first kappa shape index (κ1) is 16.6. The van der Waals surface area contributed by atoms with Crippen molar-refractivity contribution in [2.45, 2.75) is 64.8 Å². The lowest BCUT2D eigenvalue weighted by molar-refractivity contribution is 0.172. The van der Waals surface area contributed by atoms with Gasteiger partial charge in [0.05, 0.1) is 6.04 Å². The quantitative estimate of drug-likeness (QED) is 0.699. The molecule has 1 fully saturated rings. The van der Waals surface area contributed by atoms with Gasteiger partial charge in [0, 0.05) is 12.5 Å². The van der Waals surface area contributed by atoms with Gasteiger partial charge < -0.3 is 10.2 Å². The van der Waals surface area contributed by atoms with E-state index >= 15 is 0 Å². The lowest BCUT2D eigenvalue weighted by Gasteiger charge is -2.29. The zero-order valence-electron chi connectivity index (χ0n) is 14.0. The van der Waals surface area contributed by atoms with Crippen molar-refractivity contribution in [1.29, 1.82) is 0 Å².